The maximum absolute atomic E-state index is 6.27. The molecule has 0 amide bonds. The molecule has 0 fully saturated rings. The number of benzene rings is 7. The van der Waals surface area contributed by atoms with Crippen molar-refractivity contribution in [1.29, 1.82) is 0 Å². The van der Waals surface area contributed by atoms with Crippen LogP contribution in [-0.2, 0) is 0 Å². The van der Waals surface area contributed by atoms with Crippen LogP contribution in [-0.4, -0.2) is 9.55 Å². The Labute approximate surface area is 292 Å². The summed E-state index contributed by atoms with van der Waals surface area (Å²) in [6.45, 7) is 0. The van der Waals surface area contributed by atoms with Crippen LogP contribution >= 0.6 is 0 Å². The van der Waals surface area contributed by atoms with E-state index in [2.05, 4.69) is 150 Å². The van der Waals surface area contributed by atoms with Crippen LogP contribution in [0.1, 0.15) is 0 Å². The van der Waals surface area contributed by atoms with Gasteiger partial charge < -0.3 is 13.4 Å². The molecule has 11 rings (SSSR count). The fourth-order valence-electron chi connectivity index (χ4n) is 7.73. The highest BCUT2D eigenvalue weighted by atomic mass is 16.3. The third kappa shape index (κ3) is 4.37. The maximum atomic E-state index is 6.27. The van der Waals surface area contributed by atoms with E-state index < -0.39 is 0 Å². The minimum atomic E-state index is 0.782. The minimum Gasteiger partial charge on any atom is -0.456 e. The van der Waals surface area contributed by atoms with Crippen molar-refractivity contribution in [2.75, 3.05) is 0 Å². The van der Waals surface area contributed by atoms with Gasteiger partial charge in [0.2, 0.25) is 0 Å². The van der Waals surface area contributed by atoms with Crippen molar-refractivity contribution in [2.24, 2.45) is 0 Å². The van der Waals surface area contributed by atoms with Gasteiger partial charge in [-0.2, -0.15) is 0 Å². The molecule has 0 aliphatic carbocycles. The number of hydrogen-bond donors (Lipinski definition) is 0. The molecule has 4 heterocycles. The molecule has 0 atom stereocenters. The van der Waals surface area contributed by atoms with Crippen LogP contribution in [0.25, 0.3) is 105 Å². The highest BCUT2D eigenvalue weighted by Gasteiger charge is 2.16. The normalized spacial score (nSPS) is 11.9. The van der Waals surface area contributed by atoms with Crippen molar-refractivity contribution < 1.29 is 8.83 Å². The van der Waals surface area contributed by atoms with Crippen LogP contribution in [0.2, 0.25) is 0 Å². The number of rotatable bonds is 4. The van der Waals surface area contributed by atoms with Crippen LogP contribution in [0.15, 0.2) is 179 Å². The fourth-order valence-corrected chi connectivity index (χ4v) is 7.73. The molecule has 0 N–H and O–H groups in total. The molecule has 238 valence electrons. The van der Waals surface area contributed by atoms with Gasteiger partial charge in [0, 0.05) is 38.2 Å². The highest BCUT2D eigenvalue weighted by molar-refractivity contribution is 6.10. The largest absolute Gasteiger partial charge is 0.456 e. The Hall–Kier alpha value is -6.91. The van der Waals surface area contributed by atoms with Crippen LogP contribution in [0.4, 0.5) is 0 Å². The summed E-state index contributed by atoms with van der Waals surface area (Å²) < 4.78 is 14.6. The average Bonchev–Trinajstić information content (AvgIpc) is 3.87. The molecule has 0 unspecified atom stereocenters. The Morgan fingerprint density at radius 2 is 0.863 bits per heavy atom. The zero-order chi connectivity index (χ0) is 33.5. The lowest BCUT2D eigenvalue weighted by molar-refractivity contribution is 0.668. The summed E-state index contributed by atoms with van der Waals surface area (Å²) in [7, 11) is 0. The summed E-state index contributed by atoms with van der Waals surface area (Å²) in [4.78, 5) is 5.16. The van der Waals surface area contributed by atoms with E-state index in [9.17, 15) is 0 Å². The molecule has 0 saturated carbocycles. The Morgan fingerprint density at radius 1 is 0.353 bits per heavy atom. The Bertz CT molecular complexity index is 3070. The molecular formula is C47H28N2O2. The molecule has 0 radical (unpaired) electrons. The van der Waals surface area contributed by atoms with E-state index in [4.69, 9.17) is 13.8 Å². The molecule has 0 spiro atoms. The molecule has 11 aromatic rings. The van der Waals surface area contributed by atoms with E-state index in [1.165, 1.54) is 38.5 Å². The summed E-state index contributed by atoms with van der Waals surface area (Å²) in [5.41, 5.74) is 14.4. The van der Waals surface area contributed by atoms with Crippen LogP contribution in [0.5, 0.6) is 0 Å². The van der Waals surface area contributed by atoms with Crippen molar-refractivity contribution in [1.82, 2.24) is 9.55 Å². The van der Waals surface area contributed by atoms with E-state index in [0.29, 0.717) is 0 Å². The number of nitrogens with zero attached hydrogens (tertiary/aromatic N) is 2. The van der Waals surface area contributed by atoms with Gasteiger partial charge in [0.1, 0.15) is 22.3 Å². The predicted octanol–water partition coefficient (Wildman–Crippen LogP) is 13.0. The van der Waals surface area contributed by atoms with Gasteiger partial charge in [-0.25, -0.2) is 4.98 Å². The molecule has 51 heavy (non-hydrogen) atoms. The molecular weight excluding hydrogens is 625 g/mol. The number of para-hydroxylation sites is 3. The molecule has 0 bridgehead atoms. The zero-order valence-electron chi connectivity index (χ0n) is 27.4. The van der Waals surface area contributed by atoms with Gasteiger partial charge in [0.15, 0.2) is 5.58 Å². The van der Waals surface area contributed by atoms with Crippen molar-refractivity contribution >= 4 is 65.8 Å². The van der Waals surface area contributed by atoms with Crippen molar-refractivity contribution in [3.63, 3.8) is 0 Å². The lowest BCUT2D eigenvalue weighted by Gasteiger charge is -2.08. The molecule has 0 saturated heterocycles. The Morgan fingerprint density at radius 3 is 1.59 bits per heavy atom. The zero-order valence-corrected chi connectivity index (χ0v) is 27.4. The van der Waals surface area contributed by atoms with Gasteiger partial charge in [-0.05, 0) is 82.9 Å². The molecule has 4 aromatic heterocycles. The lowest BCUT2D eigenvalue weighted by atomic mass is 9.98. The van der Waals surface area contributed by atoms with Crippen molar-refractivity contribution in [3.05, 3.63) is 170 Å². The first-order chi connectivity index (χ1) is 25.2. The molecule has 7 aromatic carbocycles. The maximum Gasteiger partial charge on any atom is 0.153 e. The standard InChI is InChI=1S/C47H28N2O2/c1-4-10-41-35(7-1)36-8-2-5-11-42(36)49(41)34-22-25-45-39(28-34)47-46(51-45)26-23-40(48-47)32-19-17-30(18-20-32)29-13-15-31(16-14-29)33-21-24-44-38(27-33)37-9-3-6-12-43(37)50-44/h1-28H. The van der Waals surface area contributed by atoms with Gasteiger partial charge in [-0.1, -0.05) is 109 Å². The Kier molecular flexibility index (Phi) is 5.92. The first-order valence-corrected chi connectivity index (χ1v) is 17.2. The first kappa shape index (κ1) is 28.0. The second kappa shape index (κ2) is 10.8. The summed E-state index contributed by atoms with van der Waals surface area (Å²) >= 11 is 0. The van der Waals surface area contributed by atoms with E-state index in [1.54, 1.807) is 0 Å². The highest BCUT2D eigenvalue weighted by Crippen LogP contribution is 2.37. The molecule has 4 nitrogen and oxygen atoms in total. The van der Waals surface area contributed by atoms with Gasteiger partial charge in [0.25, 0.3) is 0 Å². The monoisotopic (exact) mass is 652 g/mol. The van der Waals surface area contributed by atoms with Crippen LogP contribution < -0.4 is 0 Å². The number of fused-ring (bicyclic) bond motifs is 9. The smallest absolute Gasteiger partial charge is 0.153 e. The molecule has 4 heteroatoms. The average molecular weight is 653 g/mol. The lowest BCUT2D eigenvalue weighted by Crippen LogP contribution is -1.93. The van der Waals surface area contributed by atoms with E-state index in [-0.39, 0.29) is 0 Å². The quantitative estimate of drug-likeness (QED) is 0.190. The minimum absolute atomic E-state index is 0.782. The SMILES string of the molecule is c1ccc2c(c1)oc1ccc(-c3ccc(-c4ccc(-c5ccc6oc7ccc(-n8c9ccccc9c9ccccc98)cc7c6n5)cc4)cc3)cc12. The second-order valence-corrected chi connectivity index (χ2v) is 13.2. The van der Waals surface area contributed by atoms with Gasteiger partial charge in [-0.3, -0.25) is 0 Å². The van der Waals surface area contributed by atoms with Gasteiger partial charge >= 0.3 is 0 Å². The van der Waals surface area contributed by atoms with E-state index >= 15 is 0 Å². The van der Waals surface area contributed by atoms with E-state index in [1.807, 2.05) is 24.3 Å². The third-order valence-corrected chi connectivity index (χ3v) is 10.2. The Balaban J connectivity index is 0.921. The predicted molar refractivity (Wildman–Crippen MR) is 209 cm³/mol. The number of pyridine rings is 1. The van der Waals surface area contributed by atoms with Gasteiger partial charge in [0.05, 0.1) is 16.7 Å². The molecule has 0 aliphatic heterocycles. The van der Waals surface area contributed by atoms with Crippen molar-refractivity contribution in [2.45, 2.75) is 0 Å². The van der Waals surface area contributed by atoms with Crippen LogP contribution in [0.3, 0.4) is 0 Å². The van der Waals surface area contributed by atoms with Crippen molar-refractivity contribution in [3.8, 4) is 39.2 Å². The molecule has 0 aliphatic rings. The first-order valence-electron chi connectivity index (χ1n) is 17.2. The van der Waals surface area contributed by atoms with Crippen LogP contribution in [0, 0.1) is 0 Å². The summed E-state index contributed by atoms with van der Waals surface area (Å²) in [6, 6.07) is 59.7. The van der Waals surface area contributed by atoms with E-state index in [0.717, 1.165) is 66.5 Å². The third-order valence-electron chi connectivity index (χ3n) is 10.2. The summed E-state index contributed by atoms with van der Waals surface area (Å²) in [6.07, 6.45) is 0. The fraction of sp³-hybridized carbons (Fsp3) is 0. The summed E-state index contributed by atoms with van der Waals surface area (Å²) in [5, 5.41) is 5.77. The second-order valence-electron chi connectivity index (χ2n) is 13.2. The number of aromatic nitrogens is 2. The number of hydrogen-bond acceptors (Lipinski definition) is 3. The topological polar surface area (TPSA) is 44.1 Å². The number of furan rings is 2. The van der Waals surface area contributed by atoms with Gasteiger partial charge in [-0.15, -0.1) is 0 Å². The summed E-state index contributed by atoms with van der Waals surface area (Å²) in [5.74, 6) is 0.